The number of halogens is 1. The number of hydrogen-bond donors (Lipinski definition) is 2. The summed E-state index contributed by atoms with van der Waals surface area (Å²) in [5, 5.41) is 3.33. The average molecular weight is 608 g/mol. The molecule has 0 saturated carbocycles. The second kappa shape index (κ2) is 11.9. The summed E-state index contributed by atoms with van der Waals surface area (Å²) in [6.45, 7) is 3.59. The highest BCUT2D eigenvalue weighted by Crippen LogP contribution is 2.43. The Labute approximate surface area is 251 Å². The van der Waals surface area contributed by atoms with Gasteiger partial charge in [-0.15, -0.1) is 0 Å². The number of benzene rings is 3. The summed E-state index contributed by atoms with van der Waals surface area (Å²) < 4.78 is 30.1. The molecule has 0 radical (unpaired) electrons. The molecule has 8 nitrogen and oxygen atoms in total. The number of aryl methyl sites for hydroxylation is 1. The standard InChI is InChI=1S/C32H34ClN3O5S/c1-21-16-26(23-10-6-11-24(17-23)42(2,39)40)27(33)18-25(21)29-30(34)32(41-31(29)38)13-7-15-36(20-32)19-28(37)35-14-12-22-8-4-3-5-9-22/h3-6,8-11,16-18H,7,12-15,19-20,34H2,1-2H3,(H,35,37). The second-order valence-corrected chi connectivity index (χ2v) is 13.4. The third kappa shape index (κ3) is 6.23. The molecule has 2 aliphatic heterocycles. The van der Waals surface area contributed by atoms with Crippen LogP contribution < -0.4 is 11.1 Å². The number of nitrogens with two attached hydrogens (primary N) is 1. The molecule has 1 unspecified atom stereocenters. The van der Waals surface area contributed by atoms with Crippen LogP contribution in [0.5, 0.6) is 0 Å². The average Bonchev–Trinajstić information content (AvgIpc) is 3.17. The minimum absolute atomic E-state index is 0.0896. The van der Waals surface area contributed by atoms with Crippen LogP contribution in [0.3, 0.4) is 0 Å². The number of hydrogen-bond acceptors (Lipinski definition) is 7. The highest BCUT2D eigenvalue weighted by molar-refractivity contribution is 7.90. The minimum Gasteiger partial charge on any atom is -0.448 e. The lowest BCUT2D eigenvalue weighted by Gasteiger charge is -2.39. The fourth-order valence-corrected chi connectivity index (χ4v) is 6.68. The van der Waals surface area contributed by atoms with Crippen molar-refractivity contribution in [1.82, 2.24) is 10.2 Å². The first-order chi connectivity index (χ1) is 20.0. The molecule has 3 aromatic carbocycles. The van der Waals surface area contributed by atoms with Crippen LogP contribution in [0.2, 0.25) is 5.02 Å². The van der Waals surface area contributed by atoms with E-state index in [0.29, 0.717) is 59.9 Å². The molecule has 2 heterocycles. The Morgan fingerprint density at radius 3 is 2.60 bits per heavy atom. The summed E-state index contributed by atoms with van der Waals surface area (Å²) in [7, 11) is -3.39. The maximum atomic E-state index is 13.3. The molecule has 42 heavy (non-hydrogen) atoms. The molecule has 0 aromatic heterocycles. The minimum atomic E-state index is -3.39. The lowest BCUT2D eigenvalue weighted by atomic mass is 9.86. The summed E-state index contributed by atoms with van der Waals surface area (Å²) in [6, 6.07) is 20.0. The second-order valence-electron chi connectivity index (χ2n) is 11.0. The molecular weight excluding hydrogens is 574 g/mol. The molecule has 5 rings (SSSR count). The number of nitrogens with zero attached hydrogens (tertiary/aromatic N) is 1. The van der Waals surface area contributed by atoms with Crippen molar-refractivity contribution in [2.75, 3.05) is 32.4 Å². The van der Waals surface area contributed by atoms with Gasteiger partial charge in [-0.25, -0.2) is 13.2 Å². The molecular formula is C32H34ClN3O5S. The van der Waals surface area contributed by atoms with Gasteiger partial charge < -0.3 is 15.8 Å². The van der Waals surface area contributed by atoms with Gasteiger partial charge in [0.2, 0.25) is 5.91 Å². The number of nitrogens with one attached hydrogen (secondary N) is 1. The fraction of sp³-hybridized carbons (Fsp3) is 0.312. The van der Waals surface area contributed by atoms with Crippen LogP contribution in [0.1, 0.15) is 29.5 Å². The maximum absolute atomic E-state index is 13.3. The van der Waals surface area contributed by atoms with Crippen LogP contribution in [0.4, 0.5) is 0 Å². The van der Waals surface area contributed by atoms with Crippen molar-refractivity contribution in [3.63, 3.8) is 0 Å². The Morgan fingerprint density at radius 1 is 1.10 bits per heavy atom. The van der Waals surface area contributed by atoms with Gasteiger partial charge in [-0.3, -0.25) is 9.69 Å². The number of carbonyl (C=O) groups excluding carboxylic acids is 2. The van der Waals surface area contributed by atoms with Gasteiger partial charge in [0.25, 0.3) is 0 Å². The van der Waals surface area contributed by atoms with Crippen molar-refractivity contribution in [2.24, 2.45) is 5.73 Å². The Bertz CT molecular complexity index is 1670. The van der Waals surface area contributed by atoms with Crippen LogP contribution in [0.25, 0.3) is 16.7 Å². The van der Waals surface area contributed by atoms with Gasteiger partial charge in [0.15, 0.2) is 15.4 Å². The highest BCUT2D eigenvalue weighted by Gasteiger charge is 2.49. The quantitative estimate of drug-likeness (QED) is 0.370. The molecule has 1 amide bonds. The van der Waals surface area contributed by atoms with E-state index in [0.717, 1.165) is 23.8 Å². The Hall–Kier alpha value is -3.66. The number of carbonyl (C=O) groups is 2. The van der Waals surface area contributed by atoms with E-state index in [1.54, 1.807) is 24.3 Å². The number of ether oxygens (including phenoxy) is 1. The van der Waals surface area contributed by atoms with Crippen molar-refractivity contribution in [3.05, 3.63) is 94.1 Å². The van der Waals surface area contributed by atoms with Crippen molar-refractivity contribution in [3.8, 4) is 11.1 Å². The topological polar surface area (TPSA) is 119 Å². The molecule has 0 bridgehead atoms. The van der Waals surface area contributed by atoms with E-state index in [4.69, 9.17) is 22.1 Å². The fourth-order valence-electron chi connectivity index (χ4n) is 5.74. The van der Waals surface area contributed by atoms with E-state index in [-0.39, 0.29) is 22.9 Å². The third-order valence-corrected chi connectivity index (χ3v) is 9.31. The number of amides is 1. The van der Waals surface area contributed by atoms with Gasteiger partial charge in [0.05, 0.1) is 22.7 Å². The van der Waals surface area contributed by atoms with Crippen LogP contribution in [-0.2, 0) is 30.6 Å². The molecule has 2 aliphatic rings. The first-order valence-corrected chi connectivity index (χ1v) is 16.1. The van der Waals surface area contributed by atoms with Crippen molar-refractivity contribution < 1.29 is 22.7 Å². The zero-order valence-corrected chi connectivity index (χ0v) is 25.2. The van der Waals surface area contributed by atoms with Crippen molar-refractivity contribution >= 4 is 38.9 Å². The predicted molar refractivity (Wildman–Crippen MR) is 163 cm³/mol. The molecule has 0 aliphatic carbocycles. The van der Waals surface area contributed by atoms with Crippen LogP contribution >= 0.6 is 11.6 Å². The predicted octanol–water partition coefficient (Wildman–Crippen LogP) is 4.14. The monoisotopic (exact) mass is 607 g/mol. The number of sulfone groups is 1. The summed E-state index contributed by atoms with van der Waals surface area (Å²) >= 11 is 6.70. The number of rotatable bonds is 8. The lowest BCUT2D eigenvalue weighted by molar-refractivity contribution is -0.149. The summed E-state index contributed by atoms with van der Waals surface area (Å²) in [5.74, 6) is -0.610. The third-order valence-electron chi connectivity index (χ3n) is 7.89. The zero-order valence-electron chi connectivity index (χ0n) is 23.7. The van der Waals surface area contributed by atoms with Crippen LogP contribution in [-0.4, -0.2) is 63.2 Å². The molecule has 1 atom stereocenters. The van der Waals surface area contributed by atoms with Crippen molar-refractivity contribution in [1.29, 1.82) is 0 Å². The number of esters is 1. The summed E-state index contributed by atoms with van der Waals surface area (Å²) in [4.78, 5) is 28.1. The van der Waals surface area contributed by atoms with E-state index in [9.17, 15) is 18.0 Å². The Kier molecular flexibility index (Phi) is 8.46. The van der Waals surface area contributed by atoms with Crippen molar-refractivity contribution in [2.45, 2.75) is 36.7 Å². The van der Waals surface area contributed by atoms with Gasteiger partial charge in [-0.1, -0.05) is 54.1 Å². The largest absolute Gasteiger partial charge is 0.448 e. The van der Waals surface area contributed by atoms with Crippen LogP contribution in [0, 0.1) is 6.92 Å². The van der Waals surface area contributed by atoms with Crippen LogP contribution in [0.15, 0.2) is 77.3 Å². The van der Waals surface area contributed by atoms with Gasteiger partial charge in [-0.05, 0) is 79.3 Å². The zero-order chi connectivity index (χ0) is 30.1. The Balaban J connectivity index is 1.34. The first kappa shape index (κ1) is 29.8. The van der Waals surface area contributed by atoms with Gasteiger partial charge in [0.1, 0.15) is 0 Å². The number of likely N-dealkylation sites (tertiary alicyclic amines) is 1. The number of piperidine rings is 1. The molecule has 3 N–H and O–H groups in total. The van der Waals surface area contributed by atoms with Gasteiger partial charge in [0, 0.05) is 29.9 Å². The Morgan fingerprint density at radius 2 is 1.86 bits per heavy atom. The van der Waals surface area contributed by atoms with E-state index in [1.807, 2.05) is 48.2 Å². The summed E-state index contributed by atoms with van der Waals surface area (Å²) in [5.41, 5.74) is 10.0. The van der Waals surface area contributed by atoms with E-state index in [2.05, 4.69) is 5.32 Å². The highest BCUT2D eigenvalue weighted by atomic mass is 35.5. The van der Waals surface area contributed by atoms with E-state index >= 15 is 0 Å². The molecule has 220 valence electrons. The van der Waals surface area contributed by atoms with E-state index in [1.165, 1.54) is 6.07 Å². The maximum Gasteiger partial charge on any atom is 0.341 e. The van der Waals surface area contributed by atoms with Gasteiger partial charge >= 0.3 is 5.97 Å². The van der Waals surface area contributed by atoms with Gasteiger partial charge in [-0.2, -0.15) is 0 Å². The normalized spacial score (nSPS) is 19.3. The smallest absolute Gasteiger partial charge is 0.341 e. The first-order valence-electron chi connectivity index (χ1n) is 13.8. The molecule has 10 heteroatoms. The molecule has 1 fully saturated rings. The summed E-state index contributed by atoms with van der Waals surface area (Å²) in [6.07, 6.45) is 3.18. The lowest BCUT2D eigenvalue weighted by Crippen LogP contribution is -2.53. The van der Waals surface area contributed by atoms with E-state index < -0.39 is 21.4 Å². The SMILES string of the molecule is Cc1cc(-c2cccc(S(C)(=O)=O)c2)c(Cl)cc1C1=C(N)C2(CCCN(CC(=O)NCCc3ccccc3)C2)OC1=O. The molecule has 3 aromatic rings. The molecule has 1 saturated heterocycles. The molecule has 1 spiro atoms.